The summed E-state index contributed by atoms with van der Waals surface area (Å²) < 4.78 is 0. The lowest BCUT2D eigenvalue weighted by molar-refractivity contribution is 1.29. The minimum atomic E-state index is 0.514. The molecule has 0 unspecified atom stereocenters. The minimum Gasteiger partial charge on any atom is -0.361 e. The molecule has 0 bridgehead atoms. The van der Waals surface area contributed by atoms with Crippen LogP contribution in [0.25, 0.3) is 32.9 Å². The predicted octanol–water partition coefficient (Wildman–Crippen LogP) is 5.63. The molecule has 28 heavy (non-hydrogen) atoms. The van der Waals surface area contributed by atoms with Crippen LogP contribution in [0.1, 0.15) is 11.1 Å². The van der Waals surface area contributed by atoms with Crippen molar-refractivity contribution >= 4 is 33.2 Å². The molecular formula is C23H17N5. The standard InChI is InChI=1S/C23H17N5/c1-14-18-7-9-27-22(18)5-4-20(14)28-23-17(11-24)12-25-13-19(23)15-2-3-21-16(10-15)6-8-26-21/h2-10,12-13,26-27H,1H3,(H,25,28). The van der Waals surface area contributed by atoms with Crippen molar-refractivity contribution < 1.29 is 0 Å². The van der Waals surface area contributed by atoms with E-state index in [2.05, 4.69) is 45.4 Å². The number of aromatic amines is 2. The number of H-pyrrole nitrogens is 2. The lowest BCUT2D eigenvalue weighted by Gasteiger charge is -2.16. The smallest absolute Gasteiger partial charge is 0.103 e. The highest BCUT2D eigenvalue weighted by atomic mass is 14.9. The lowest BCUT2D eigenvalue weighted by atomic mass is 10.0. The van der Waals surface area contributed by atoms with Gasteiger partial charge in [0, 0.05) is 52.5 Å². The number of aromatic nitrogens is 3. The van der Waals surface area contributed by atoms with Gasteiger partial charge in [0.1, 0.15) is 6.07 Å². The number of rotatable bonds is 3. The largest absolute Gasteiger partial charge is 0.361 e. The zero-order valence-corrected chi connectivity index (χ0v) is 15.2. The van der Waals surface area contributed by atoms with Crippen molar-refractivity contribution in [1.29, 1.82) is 5.26 Å². The lowest BCUT2D eigenvalue weighted by Crippen LogP contribution is -2.00. The molecule has 5 rings (SSSR count). The highest BCUT2D eigenvalue weighted by Gasteiger charge is 2.14. The number of nitrogens with one attached hydrogen (secondary N) is 3. The van der Waals surface area contributed by atoms with Crippen molar-refractivity contribution in [1.82, 2.24) is 15.0 Å². The summed E-state index contributed by atoms with van der Waals surface area (Å²) in [5, 5.41) is 15.5. The first kappa shape index (κ1) is 16.2. The van der Waals surface area contributed by atoms with Gasteiger partial charge >= 0.3 is 0 Å². The van der Waals surface area contributed by atoms with E-state index in [0.29, 0.717) is 5.56 Å². The zero-order valence-electron chi connectivity index (χ0n) is 15.2. The number of hydrogen-bond acceptors (Lipinski definition) is 3. The van der Waals surface area contributed by atoms with Gasteiger partial charge in [0.2, 0.25) is 0 Å². The summed E-state index contributed by atoms with van der Waals surface area (Å²) in [6.45, 7) is 2.08. The van der Waals surface area contributed by atoms with E-state index in [1.165, 1.54) is 0 Å². The fourth-order valence-corrected chi connectivity index (χ4v) is 3.67. The average molecular weight is 363 g/mol. The number of benzene rings is 2. The summed E-state index contributed by atoms with van der Waals surface area (Å²) in [7, 11) is 0. The molecule has 0 aliphatic carbocycles. The summed E-state index contributed by atoms with van der Waals surface area (Å²) in [5.74, 6) is 0. The fourth-order valence-electron chi connectivity index (χ4n) is 3.67. The summed E-state index contributed by atoms with van der Waals surface area (Å²) >= 11 is 0. The molecule has 5 aromatic rings. The summed E-state index contributed by atoms with van der Waals surface area (Å²) in [4.78, 5) is 10.7. The van der Waals surface area contributed by atoms with Crippen LogP contribution in [-0.4, -0.2) is 15.0 Å². The van der Waals surface area contributed by atoms with E-state index >= 15 is 0 Å². The van der Waals surface area contributed by atoms with Gasteiger partial charge in [0.05, 0.1) is 11.3 Å². The molecule has 0 amide bonds. The number of anilines is 2. The number of pyridine rings is 1. The molecule has 0 fully saturated rings. The Morgan fingerprint density at radius 2 is 1.79 bits per heavy atom. The third kappa shape index (κ3) is 2.51. The van der Waals surface area contributed by atoms with Crippen molar-refractivity contribution in [2.24, 2.45) is 0 Å². The van der Waals surface area contributed by atoms with Gasteiger partial charge < -0.3 is 15.3 Å². The van der Waals surface area contributed by atoms with Gasteiger partial charge in [0.15, 0.2) is 0 Å². The van der Waals surface area contributed by atoms with E-state index in [9.17, 15) is 5.26 Å². The molecule has 5 heteroatoms. The van der Waals surface area contributed by atoms with Crippen molar-refractivity contribution in [3.8, 4) is 17.2 Å². The molecule has 0 aliphatic rings. The molecule has 5 nitrogen and oxygen atoms in total. The normalized spacial score (nSPS) is 11.0. The van der Waals surface area contributed by atoms with E-state index in [1.54, 1.807) is 12.4 Å². The van der Waals surface area contributed by atoms with Gasteiger partial charge in [-0.15, -0.1) is 0 Å². The van der Waals surface area contributed by atoms with Crippen molar-refractivity contribution in [3.05, 3.63) is 78.4 Å². The van der Waals surface area contributed by atoms with Crippen molar-refractivity contribution in [2.45, 2.75) is 6.92 Å². The fraction of sp³-hybridized carbons (Fsp3) is 0.0435. The molecule has 0 spiro atoms. The molecule has 3 heterocycles. The third-order valence-corrected chi connectivity index (χ3v) is 5.19. The highest BCUT2D eigenvalue weighted by Crippen LogP contribution is 2.35. The number of nitriles is 1. The van der Waals surface area contributed by atoms with Gasteiger partial charge in [-0.3, -0.25) is 4.98 Å². The second-order valence-electron chi connectivity index (χ2n) is 6.80. The summed E-state index contributed by atoms with van der Waals surface area (Å²) in [6.07, 6.45) is 7.27. The molecule has 134 valence electrons. The maximum atomic E-state index is 9.67. The van der Waals surface area contributed by atoms with Crippen LogP contribution in [-0.2, 0) is 0 Å². The third-order valence-electron chi connectivity index (χ3n) is 5.19. The van der Waals surface area contributed by atoms with E-state index in [4.69, 9.17) is 0 Å². The predicted molar refractivity (Wildman–Crippen MR) is 113 cm³/mol. The second kappa shape index (κ2) is 6.29. The summed E-state index contributed by atoms with van der Waals surface area (Å²) in [5.41, 5.74) is 7.47. The Labute approximate surface area is 161 Å². The maximum absolute atomic E-state index is 9.67. The first-order valence-electron chi connectivity index (χ1n) is 9.04. The van der Waals surface area contributed by atoms with Crippen LogP contribution in [0.15, 0.2) is 67.3 Å². The van der Waals surface area contributed by atoms with Crippen LogP contribution in [0.5, 0.6) is 0 Å². The van der Waals surface area contributed by atoms with Gasteiger partial charge in [-0.25, -0.2) is 0 Å². The number of nitrogens with zero attached hydrogens (tertiary/aromatic N) is 2. The summed E-state index contributed by atoms with van der Waals surface area (Å²) in [6, 6.07) is 16.7. The van der Waals surface area contributed by atoms with Crippen LogP contribution in [0, 0.1) is 18.3 Å². The molecule has 0 atom stereocenters. The zero-order chi connectivity index (χ0) is 19.1. The van der Waals surface area contributed by atoms with E-state index in [-0.39, 0.29) is 0 Å². The van der Waals surface area contributed by atoms with Crippen LogP contribution >= 0.6 is 0 Å². The molecule has 2 aromatic carbocycles. The Morgan fingerprint density at radius 3 is 2.68 bits per heavy atom. The second-order valence-corrected chi connectivity index (χ2v) is 6.80. The van der Waals surface area contributed by atoms with E-state index in [1.807, 2.05) is 42.7 Å². The van der Waals surface area contributed by atoms with E-state index < -0.39 is 0 Å². The van der Waals surface area contributed by atoms with Gasteiger partial charge in [-0.05, 0) is 59.8 Å². The number of fused-ring (bicyclic) bond motifs is 2. The maximum Gasteiger partial charge on any atom is 0.103 e. The SMILES string of the molecule is Cc1c(Nc2c(C#N)cncc2-c2ccc3[nH]ccc3c2)ccc2[nH]ccc12. The van der Waals surface area contributed by atoms with Gasteiger partial charge in [-0.2, -0.15) is 5.26 Å². The highest BCUT2D eigenvalue weighted by molar-refractivity contribution is 5.93. The van der Waals surface area contributed by atoms with E-state index in [0.717, 1.165) is 49.9 Å². The number of aryl methyl sites for hydroxylation is 1. The molecular weight excluding hydrogens is 346 g/mol. The minimum absolute atomic E-state index is 0.514. The Hall–Kier alpha value is -4.04. The Morgan fingerprint density at radius 1 is 0.964 bits per heavy atom. The van der Waals surface area contributed by atoms with Crippen molar-refractivity contribution in [3.63, 3.8) is 0 Å². The Bertz CT molecular complexity index is 1370. The monoisotopic (exact) mass is 363 g/mol. The van der Waals surface area contributed by atoms with Crippen molar-refractivity contribution in [2.75, 3.05) is 5.32 Å². The molecule has 3 aromatic heterocycles. The Balaban J connectivity index is 1.67. The molecule has 3 N–H and O–H groups in total. The Kier molecular flexibility index (Phi) is 3.63. The van der Waals surface area contributed by atoms with Crippen LogP contribution in [0.4, 0.5) is 11.4 Å². The van der Waals surface area contributed by atoms with Crippen LogP contribution in [0.2, 0.25) is 0 Å². The molecule has 0 aliphatic heterocycles. The number of hydrogen-bond donors (Lipinski definition) is 3. The van der Waals surface area contributed by atoms with Crippen LogP contribution in [0.3, 0.4) is 0 Å². The van der Waals surface area contributed by atoms with Gasteiger partial charge in [0.25, 0.3) is 0 Å². The van der Waals surface area contributed by atoms with Gasteiger partial charge in [-0.1, -0.05) is 6.07 Å². The molecule has 0 saturated carbocycles. The molecule has 0 radical (unpaired) electrons. The quantitative estimate of drug-likeness (QED) is 0.388. The topological polar surface area (TPSA) is 80.3 Å². The molecule has 0 saturated heterocycles. The average Bonchev–Trinajstić information content (AvgIpc) is 3.39. The van der Waals surface area contributed by atoms with Crippen LogP contribution < -0.4 is 5.32 Å². The first-order valence-corrected chi connectivity index (χ1v) is 9.04. The first-order chi connectivity index (χ1) is 13.7.